The number of carbonyl (C=O) groups is 1. The highest BCUT2D eigenvalue weighted by molar-refractivity contribution is 7.90. The van der Waals surface area contributed by atoms with Crippen LogP contribution in [0.1, 0.15) is 0 Å². The van der Waals surface area contributed by atoms with Gasteiger partial charge in [0, 0.05) is 0 Å². The van der Waals surface area contributed by atoms with Gasteiger partial charge in [-0.1, -0.05) is 18.2 Å². The molecule has 0 amide bonds. The predicted octanol–water partition coefficient (Wildman–Crippen LogP) is -0.661. The van der Waals surface area contributed by atoms with Crippen LogP contribution in [0.3, 0.4) is 0 Å². The van der Waals surface area contributed by atoms with Gasteiger partial charge in [0.2, 0.25) is 10.0 Å². The van der Waals surface area contributed by atoms with Crippen molar-refractivity contribution in [3.8, 4) is 0 Å². The molecular weight excluding hydrogens is 166 g/mol. The standard InChI is InChI=1S/C6H7NO3S/c7-11(9,10)6-4-2-1-3-5(6)8/h1-4,6H,(H2,7,9,10). The fourth-order valence-electron chi connectivity index (χ4n) is 0.777. The van der Waals surface area contributed by atoms with Gasteiger partial charge < -0.3 is 0 Å². The Bertz CT molecular complexity index is 326. The van der Waals surface area contributed by atoms with Crippen LogP contribution in [0, 0.1) is 0 Å². The number of hydrogen-bond donors (Lipinski definition) is 1. The van der Waals surface area contributed by atoms with Crippen LogP contribution < -0.4 is 5.14 Å². The summed E-state index contributed by atoms with van der Waals surface area (Å²) in [7, 11) is -3.76. The lowest BCUT2D eigenvalue weighted by Crippen LogP contribution is -2.33. The SMILES string of the molecule is NS(=O)(=O)C1C=CC=CC1=O. The number of primary sulfonamides is 1. The summed E-state index contributed by atoms with van der Waals surface area (Å²) >= 11 is 0. The summed E-state index contributed by atoms with van der Waals surface area (Å²) in [5.41, 5.74) is 0. The number of ketones is 1. The van der Waals surface area contributed by atoms with E-state index < -0.39 is 21.1 Å². The maximum Gasteiger partial charge on any atom is 0.223 e. The summed E-state index contributed by atoms with van der Waals surface area (Å²) < 4.78 is 21.3. The third-order valence-electron chi connectivity index (χ3n) is 1.29. The fourth-order valence-corrected chi connectivity index (χ4v) is 1.49. The summed E-state index contributed by atoms with van der Waals surface area (Å²) in [6, 6.07) is 0. The normalized spacial score (nSPS) is 24.1. The van der Waals surface area contributed by atoms with Gasteiger partial charge in [-0.05, 0) is 6.08 Å². The van der Waals surface area contributed by atoms with E-state index in [0.717, 1.165) is 0 Å². The van der Waals surface area contributed by atoms with Crippen LogP contribution in [0.4, 0.5) is 0 Å². The van der Waals surface area contributed by atoms with Gasteiger partial charge in [0.1, 0.15) is 0 Å². The maximum atomic E-state index is 10.8. The van der Waals surface area contributed by atoms with E-state index in [-0.39, 0.29) is 0 Å². The highest BCUT2D eigenvalue weighted by Gasteiger charge is 2.25. The number of nitrogens with two attached hydrogens (primary N) is 1. The van der Waals surface area contributed by atoms with Crippen molar-refractivity contribution in [2.24, 2.45) is 5.14 Å². The van der Waals surface area contributed by atoms with E-state index >= 15 is 0 Å². The number of carbonyl (C=O) groups excluding carboxylic acids is 1. The molecule has 4 nitrogen and oxygen atoms in total. The Hall–Kier alpha value is -0.940. The summed E-state index contributed by atoms with van der Waals surface area (Å²) in [4.78, 5) is 10.8. The largest absolute Gasteiger partial charge is 0.293 e. The van der Waals surface area contributed by atoms with Gasteiger partial charge in [0.15, 0.2) is 11.0 Å². The van der Waals surface area contributed by atoms with E-state index in [1.54, 1.807) is 0 Å². The molecule has 11 heavy (non-hydrogen) atoms. The predicted molar refractivity (Wildman–Crippen MR) is 40.2 cm³/mol. The smallest absolute Gasteiger partial charge is 0.223 e. The zero-order chi connectivity index (χ0) is 8.48. The molecule has 0 heterocycles. The molecule has 1 unspecified atom stereocenters. The average Bonchev–Trinajstić information content (AvgIpc) is 1.86. The van der Waals surface area contributed by atoms with E-state index in [1.807, 2.05) is 0 Å². The van der Waals surface area contributed by atoms with Crippen molar-refractivity contribution in [3.05, 3.63) is 24.3 Å². The van der Waals surface area contributed by atoms with E-state index in [0.29, 0.717) is 0 Å². The lowest BCUT2D eigenvalue weighted by molar-refractivity contribution is -0.113. The van der Waals surface area contributed by atoms with Crippen molar-refractivity contribution in [3.63, 3.8) is 0 Å². The molecule has 1 rings (SSSR count). The van der Waals surface area contributed by atoms with Gasteiger partial charge in [0.25, 0.3) is 0 Å². The molecule has 0 aromatic rings. The first-order chi connectivity index (χ1) is 5.02. The van der Waals surface area contributed by atoms with Crippen molar-refractivity contribution in [2.45, 2.75) is 5.25 Å². The molecule has 5 heteroatoms. The highest BCUT2D eigenvalue weighted by atomic mass is 32.2. The summed E-state index contributed by atoms with van der Waals surface area (Å²) in [6.07, 6.45) is 5.41. The second-order valence-electron chi connectivity index (χ2n) is 2.16. The van der Waals surface area contributed by atoms with Crippen LogP contribution in [0.25, 0.3) is 0 Å². The summed E-state index contributed by atoms with van der Waals surface area (Å²) in [6.45, 7) is 0. The first-order valence-corrected chi connectivity index (χ1v) is 4.53. The van der Waals surface area contributed by atoms with Crippen LogP contribution in [-0.2, 0) is 14.8 Å². The number of rotatable bonds is 1. The molecule has 1 aliphatic carbocycles. The van der Waals surface area contributed by atoms with Gasteiger partial charge in [-0.15, -0.1) is 0 Å². The zero-order valence-electron chi connectivity index (χ0n) is 5.60. The topological polar surface area (TPSA) is 77.2 Å². The highest BCUT2D eigenvalue weighted by Crippen LogP contribution is 2.05. The second-order valence-corrected chi connectivity index (χ2v) is 3.84. The van der Waals surface area contributed by atoms with Gasteiger partial charge in [0.05, 0.1) is 0 Å². The number of hydrogen-bond acceptors (Lipinski definition) is 3. The van der Waals surface area contributed by atoms with Crippen molar-refractivity contribution in [2.75, 3.05) is 0 Å². The van der Waals surface area contributed by atoms with Crippen LogP contribution in [0.2, 0.25) is 0 Å². The Morgan fingerprint density at radius 1 is 1.36 bits per heavy atom. The number of sulfonamides is 1. The van der Waals surface area contributed by atoms with Gasteiger partial charge in [-0.2, -0.15) is 0 Å². The summed E-state index contributed by atoms with van der Waals surface area (Å²) in [5.74, 6) is -0.491. The van der Waals surface area contributed by atoms with Crippen LogP contribution in [0.5, 0.6) is 0 Å². The molecule has 0 aromatic carbocycles. The molecule has 2 N–H and O–H groups in total. The maximum absolute atomic E-state index is 10.8. The third kappa shape index (κ3) is 1.75. The average molecular weight is 173 g/mol. The van der Waals surface area contributed by atoms with E-state index in [1.165, 1.54) is 24.3 Å². The molecule has 0 bridgehead atoms. The molecule has 1 aliphatic rings. The molecule has 0 aromatic heterocycles. The van der Waals surface area contributed by atoms with Gasteiger partial charge in [-0.3, -0.25) is 4.79 Å². The van der Waals surface area contributed by atoms with E-state index in [4.69, 9.17) is 5.14 Å². The number of allylic oxidation sites excluding steroid dienone is 3. The third-order valence-corrected chi connectivity index (χ3v) is 2.39. The first-order valence-electron chi connectivity index (χ1n) is 2.92. The minimum Gasteiger partial charge on any atom is -0.293 e. The Kier molecular flexibility index (Phi) is 1.92. The second kappa shape index (κ2) is 2.60. The molecular formula is C6H7NO3S. The molecule has 0 fully saturated rings. The molecule has 0 radical (unpaired) electrons. The Morgan fingerprint density at radius 2 is 2.00 bits per heavy atom. The monoisotopic (exact) mass is 173 g/mol. The molecule has 0 aliphatic heterocycles. The lowest BCUT2D eigenvalue weighted by atomic mass is 10.2. The van der Waals surface area contributed by atoms with E-state index in [2.05, 4.69) is 0 Å². The van der Waals surface area contributed by atoms with Crippen molar-refractivity contribution >= 4 is 15.8 Å². The first kappa shape index (κ1) is 8.16. The fraction of sp³-hybridized carbons (Fsp3) is 0.167. The Labute approximate surface area is 64.4 Å². The van der Waals surface area contributed by atoms with Crippen molar-refractivity contribution < 1.29 is 13.2 Å². The molecule has 0 saturated heterocycles. The summed E-state index contributed by atoms with van der Waals surface area (Å²) in [5, 5.41) is 3.58. The minimum absolute atomic E-state index is 0.491. The molecule has 1 atom stereocenters. The molecule has 0 saturated carbocycles. The van der Waals surface area contributed by atoms with Crippen molar-refractivity contribution in [1.29, 1.82) is 0 Å². The van der Waals surface area contributed by atoms with Crippen molar-refractivity contribution in [1.82, 2.24) is 0 Å². The lowest BCUT2D eigenvalue weighted by Gasteiger charge is -2.07. The minimum atomic E-state index is -3.76. The van der Waals surface area contributed by atoms with E-state index in [9.17, 15) is 13.2 Å². The van der Waals surface area contributed by atoms with Gasteiger partial charge in [-0.25, -0.2) is 13.6 Å². The molecule has 60 valence electrons. The van der Waals surface area contributed by atoms with Crippen LogP contribution >= 0.6 is 0 Å². The zero-order valence-corrected chi connectivity index (χ0v) is 6.41. The Balaban J connectivity index is 3.01. The van der Waals surface area contributed by atoms with Crippen LogP contribution in [-0.4, -0.2) is 19.5 Å². The molecule has 0 spiro atoms. The van der Waals surface area contributed by atoms with Gasteiger partial charge >= 0.3 is 0 Å². The Morgan fingerprint density at radius 3 is 2.36 bits per heavy atom. The van der Waals surface area contributed by atoms with Crippen LogP contribution in [0.15, 0.2) is 24.3 Å². The quantitative estimate of drug-likeness (QED) is 0.571.